The van der Waals surface area contributed by atoms with E-state index in [1.807, 2.05) is 0 Å². The highest BCUT2D eigenvalue weighted by Gasteiger charge is 2.48. The van der Waals surface area contributed by atoms with Crippen LogP contribution in [0.1, 0.15) is 78.8 Å². The van der Waals surface area contributed by atoms with Gasteiger partial charge in [-0.1, -0.05) is 18.0 Å². The van der Waals surface area contributed by atoms with Crippen molar-refractivity contribution in [2.45, 2.75) is 64.2 Å². The van der Waals surface area contributed by atoms with Crippen molar-refractivity contribution in [2.24, 2.45) is 11.7 Å². The predicted octanol–water partition coefficient (Wildman–Crippen LogP) is 4.46. The quantitative estimate of drug-likeness (QED) is 0.207. The van der Waals surface area contributed by atoms with E-state index in [1.54, 1.807) is 32.0 Å². The van der Waals surface area contributed by atoms with Crippen molar-refractivity contribution in [3.8, 4) is 5.75 Å². The zero-order valence-corrected chi connectivity index (χ0v) is 22.7. The van der Waals surface area contributed by atoms with E-state index >= 15 is 0 Å². The highest BCUT2D eigenvalue weighted by molar-refractivity contribution is 6.31. The lowest BCUT2D eigenvalue weighted by Crippen LogP contribution is -2.55. The summed E-state index contributed by atoms with van der Waals surface area (Å²) in [6.07, 6.45) is -0.0836. The van der Waals surface area contributed by atoms with Gasteiger partial charge in [0.2, 0.25) is 0 Å². The van der Waals surface area contributed by atoms with Crippen molar-refractivity contribution < 1.29 is 38.1 Å². The maximum absolute atomic E-state index is 13.7. The second kappa shape index (κ2) is 12.6. The Kier molecular flexibility index (Phi) is 9.68. The number of hydrogen-bond acceptors (Lipinski definition) is 7. The van der Waals surface area contributed by atoms with Crippen LogP contribution in [-0.4, -0.2) is 47.0 Å². The monoisotopic (exact) mass is 562 g/mol. The fourth-order valence-corrected chi connectivity index (χ4v) is 4.65. The molecule has 0 saturated heterocycles. The van der Waals surface area contributed by atoms with Gasteiger partial charge in [-0.25, -0.2) is 4.39 Å². The first-order valence-electron chi connectivity index (χ1n) is 12.6. The molecular formula is C28H32ClFN2O7. The van der Waals surface area contributed by atoms with Gasteiger partial charge in [-0.15, -0.1) is 0 Å². The minimum absolute atomic E-state index is 0.0610. The van der Waals surface area contributed by atoms with E-state index in [4.69, 9.17) is 26.8 Å². The van der Waals surface area contributed by atoms with Gasteiger partial charge in [0.15, 0.2) is 11.9 Å². The molecule has 1 aliphatic heterocycles. The SMILES string of the molecule is CC(=O)c1ccc2c(c1)[C@H](NC(=O)c1ccc(F)c(Cl)c1)[C@H](OC(=O)C[C@@H](CCCCN)C(=O)O)C(C)(C)O2. The number of aliphatic carboxylic acids is 1. The van der Waals surface area contributed by atoms with E-state index < -0.39 is 47.3 Å². The molecule has 4 N–H and O–H groups in total. The molecule has 2 aromatic rings. The zero-order valence-electron chi connectivity index (χ0n) is 22.0. The molecule has 3 rings (SSSR count). The van der Waals surface area contributed by atoms with Crippen LogP contribution in [0.5, 0.6) is 5.75 Å². The molecule has 1 aliphatic rings. The third kappa shape index (κ3) is 7.33. The second-order valence-corrected chi connectivity index (χ2v) is 10.4. The Hall–Kier alpha value is -3.50. The number of nitrogens with two attached hydrogens (primary N) is 1. The van der Waals surface area contributed by atoms with E-state index in [9.17, 15) is 28.7 Å². The van der Waals surface area contributed by atoms with Gasteiger partial charge in [0.1, 0.15) is 17.2 Å². The van der Waals surface area contributed by atoms with Crippen molar-refractivity contribution >= 4 is 35.2 Å². The first-order valence-corrected chi connectivity index (χ1v) is 12.9. The number of nitrogens with one attached hydrogen (secondary N) is 1. The Bertz CT molecular complexity index is 1270. The number of rotatable bonds is 11. The van der Waals surface area contributed by atoms with E-state index in [2.05, 4.69) is 5.32 Å². The van der Waals surface area contributed by atoms with Crippen LogP contribution in [0.4, 0.5) is 4.39 Å². The van der Waals surface area contributed by atoms with Crippen molar-refractivity contribution in [1.29, 1.82) is 0 Å². The normalized spacial score (nSPS) is 18.3. The fraction of sp³-hybridized carbons (Fsp3) is 0.429. The highest BCUT2D eigenvalue weighted by atomic mass is 35.5. The average Bonchev–Trinajstić information content (AvgIpc) is 2.86. The summed E-state index contributed by atoms with van der Waals surface area (Å²) in [7, 11) is 0. The number of fused-ring (bicyclic) bond motifs is 1. The summed E-state index contributed by atoms with van der Waals surface area (Å²) >= 11 is 5.86. The summed E-state index contributed by atoms with van der Waals surface area (Å²) in [4.78, 5) is 50.1. The molecule has 0 fully saturated rings. The number of ketones is 1. The Balaban J connectivity index is 1.96. The first-order chi connectivity index (χ1) is 18.3. The lowest BCUT2D eigenvalue weighted by molar-refractivity contribution is -0.168. The number of carbonyl (C=O) groups excluding carboxylic acids is 3. The standard InChI is InChI=1S/C28H32ClFN2O7/c1-15(33)16-8-10-22-19(12-16)24(32-26(35)17-7-9-21(30)20(29)13-17)25(28(2,3)39-22)38-23(34)14-18(27(36)37)6-4-5-11-31/h7-10,12-13,18,24-25H,4-6,11,14,31H2,1-3H3,(H,32,35)(H,36,37)/t18-,24+,25+/m1/s1. The summed E-state index contributed by atoms with van der Waals surface area (Å²) in [5.74, 6) is -4.07. The first kappa shape index (κ1) is 30.0. The average molecular weight is 563 g/mol. The van der Waals surface area contributed by atoms with Crippen LogP contribution in [0.2, 0.25) is 5.02 Å². The van der Waals surface area contributed by atoms with Crippen LogP contribution in [0.3, 0.4) is 0 Å². The van der Waals surface area contributed by atoms with Crippen molar-refractivity contribution in [3.63, 3.8) is 0 Å². The molecule has 1 amide bonds. The molecule has 0 aromatic heterocycles. The summed E-state index contributed by atoms with van der Waals surface area (Å²) < 4.78 is 25.6. The summed E-state index contributed by atoms with van der Waals surface area (Å²) in [5.41, 5.74) is 5.12. The molecule has 3 atom stereocenters. The molecule has 0 unspecified atom stereocenters. The van der Waals surface area contributed by atoms with Crippen LogP contribution in [0.25, 0.3) is 0 Å². The summed E-state index contributed by atoms with van der Waals surface area (Å²) in [6, 6.07) is 7.21. The number of carbonyl (C=O) groups is 4. The molecule has 2 aromatic carbocycles. The molecule has 11 heteroatoms. The smallest absolute Gasteiger partial charge is 0.307 e. The fourth-order valence-electron chi connectivity index (χ4n) is 4.47. The number of Topliss-reactive ketones (excluding diaryl/α,β-unsaturated/α-hetero) is 1. The third-order valence-corrected chi connectivity index (χ3v) is 6.90. The molecule has 0 radical (unpaired) electrons. The van der Waals surface area contributed by atoms with E-state index in [1.165, 1.54) is 19.1 Å². The second-order valence-electron chi connectivity index (χ2n) is 10.0. The molecule has 0 spiro atoms. The predicted molar refractivity (Wildman–Crippen MR) is 141 cm³/mol. The van der Waals surface area contributed by atoms with Crippen molar-refractivity contribution in [1.82, 2.24) is 5.32 Å². The molecule has 0 saturated carbocycles. The topological polar surface area (TPSA) is 145 Å². The lowest BCUT2D eigenvalue weighted by Gasteiger charge is -2.44. The number of ether oxygens (including phenoxy) is 2. The zero-order chi connectivity index (χ0) is 28.9. The number of halogens is 2. The van der Waals surface area contributed by atoms with Crippen molar-refractivity contribution in [2.75, 3.05) is 6.54 Å². The number of hydrogen-bond donors (Lipinski definition) is 3. The van der Waals surface area contributed by atoms with Gasteiger partial charge >= 0.3 is 11.9 Å². The van der Waals surface area contributed by atoms with E-state index in [0.717, 1.165) is 6.07 Å². The maximum atomic E-state index is 13.7. The van der Waals surface area contributed by atoms with Crippen LogP contribution in [-0.2, 0) is 14.3 Å². The van der Waals surface area contributed by atoms with Crippen LogP contribution >= 0.6 is 11.6 Å². The molecule has 0 aliphatic carbocycles. The van der Waals surface area contributed by atoms with E-state index in [-0.39, 0.29) is 29.2 Å². The van der Waals surface area contributed by atoms with Crippen molar-refractivity contribution in [3.05, 3.63) is 63.9 Å². The minimum Gasteiger partial charge on any atom is -0.484 e. The minimum atomic E-state index is -1.17. The number of amides is 1. The van der Waals surface area contributed by atoms with Crippen LogP contribution in [0.15, 0.2) is 36.4 Å². The number of benzene rings is 2. The molecule has 9 nitrogen and oxygen atoms in total. The van der Waals surface area contributed by atoms with Gasteiger partial charge < -0.3 is 25.6 Å². The van der Waals surface area contributed by atoms with Gasteiger partial charge in [0.05, 0.1) is 23.4 Å². The maximum Gasteiger partial charge on any atom is 0.307 e. The van der Waals surface area contributed by atoms with Gasteiger partial charge in [-0.05, 0) is 76.6 Å². The Morgan fingerprint density at radius 2 is 1.85 bits per heavy atom. The molecule has 210 valence electrons. The molecular weight excluding hydrogens is 531 g/mol. The molecule has 39 heavy (non-hydrogen) atoms. The summed E-state index contributed by atoms with van der Waals surface area (Å²) in [5, 5.41) is 12.2. The summed E-state index contributed by atoms with van der Waals surface area (Å²) in [6.45, 7) is 5.12. The van der Waals surface area contributed by atoms with Gasteiger partial charge in [0, 0.05) is 16.7 Å². The molecule has 1 heterocycles. The number of unbranched alkanes of at least 4 members (excludes halogenated alkanes) is 1. The van der Waals surface area contributed by atoms with Gasteiger partial charge in [0.25, 0.3) is 5.91 Å². The third-order valence-electron chi connectivity index (χ3n) is 6.61. The van der Waals surface area contributed by atoms with Gasteiger partial charge in [-0.2, -0.15) is 0 Å². The Morgan fingerprint density at radius 1 is 1.15 bits per heavy atom. The highest BCUT2D eigenvalue weighted by Crippen LogP contribution is 2.42. The molecule has 0 bridgehead atoms. The number of carboxylic acid groups (broad SMARTS) is 1. The van der Waals surface area contributed by atoms with Gasteiger partial charge in [-0.3, -0.25) is 19.2 Å². The largest absolute Gasteiger partial charge is 0.484 e. The number of carboxylic acids is 1. The Labute approximate surface area is 230 Å². The Morgan fingerprint density at radius 3 is 2.46 bits per heavy atom. The van der Waals surface area contributed by atoms with Crippen LogP contribution < -0.4 is 15.8 Å². The number of esters is 1. The lowest BCUT2D eigenvalue weighted by atomic mass is 9.85. The van der Waals surface area contributed by atoms with E-state index in [0.29, 0.717) is 36.3 Å². The van der Waals surface area contributed by atoms with Crippen LogP contribution in [0, 0.1) is 11.7 Å².